The van der Waals surface area contributed by atoms with E-state index in [0.717, 1.165) is 5.56 Å². The van der Waals surface area contributed by atoms with E-state index < -0.39 is 22.1 Å². The minimum Gasteiger partial charge on any atom is -0.508 e. The summed E-state index contributed by atoms with van der Waals surface area (Å²) >= 11 is 0. The molecule has 41 heavy (non-hydrogen) atoms. The number of aromatic hydroxyl groups is 1. The summed E-state index contributed by atoms with van der Waals surface area (Å²) in [7, 11) is -3.89. The highest BCUT2D eigenvalue weighted by atomic mass is 32.2. The Hall–Kier alpha value is -3.97. The normalized spacial score (nSPS) is 12.0. The number of benzene rings is 3. The van der Waals surface area contributed by atoms with Crippen LogP contribution in [0, 0.1) is 0 Å². The topological polar surface area (TPSA) is 179 Å². The van der Waals surface area contributed by atoms with Gasteiger partial charge in [0, 0.05) is 30.8 Å². The van der Waals surface area contributed by atoms with E-state index in [1.807, 2.05) is 12.1 Å². The second-order valence-corrected chi connectivity index (χ2v) is 11.0. The molecule has 3 rings (SSSR count). The lowest BCUT2D eigenvalue weighted by molar-refractivity contribution is -0.137. The molecule has 0 aliphatic rings. The highest BCUT2D eigenvalue weighted by Crippen LogP contribution is 2.28. The van der Waals surface area contributed by atoms with Gasteiger partial charge in [-0.15, -0.1) is 0 Å². The zero-order chi connectivity index (χ0) is 29.8. The molecule has 0 saturated carbocycles. The Labute approximate surface area is 239 Å². The number of nitrogens with zero attached hydrogens (tertiary/aromatic N) is 1. The van der Waals surface area contributed by atoms with Crippen molar-refractivity contribution >= 4 is 33.3 Å². The van der Waals surface area contributed by atoms with Gasteiger partial charge in [-0.3, -0.25) is 14.5 Å². The first-order valence-corrected chi connectivity index (χ1v) is 14.6. The first-order chi connectivity index (χ1) is 19.5. The molecule has 0 saturated heterocycles. The summed E-state index contributed by atoms with van der Waals surface area (Å²) in [6.45, 7) is 1.02. The minimum atomic E-state index is -3.89. The summed E-state index contributed by atoms with van der Waals surface area (Å²) in [4.78, 5) is 25.4. The van der Waals surface area contributed by atoms with E-state index in [9.17, 15) is 28.2 Å². The number of nitrogens with two attached hydrogens (primary N) is 1. The van der Waals surface area contributed by atoms with Crippen molar-refractivity contribution in [3.8, 4) is 11.5 Å². The van der Waals surface area contributed by atoms with Crippen LogP contribution in [-0.2, 0) is 26.0 Å². The monoisotopic (exact) mass is 585 g/mol. The number of carboxylic acid groups (broad SMARTS) is 1. The SMILES string of the molecule is NS(=O)(=O)c1ccc(N(C(=O)CCCCC(=O)O)c2ccc(CCNCC(O)COc3ccc(O)cc3)cc2)cc1. The van der Waals surface area contributed by atoms with Crippen molar-refractivity contribution in [3.63, 3.8) is 0 Å². The number of carbonyl (C=O) groups is 2. The highest BCUT2D eigenvalue weighted by Gasteiger charge is 2.19. The third-order valence-corrected chi connectivity index (χ3v) is 7.08. The van der Waals surface area contributed by atoms with Crippen molar-refractivity contribution in [2.24, 2.45) is 5.14 Å². The van der Waals surface area contributed by atoms with Gasteiger partial charge < -0.3 is 25.4 Å². The molecule has 3 aromatic carbocycles. The van der Waals surface area contributed by atoms with Crippen molar-refractivity contribution in [1.29, 1.82) is 0 Å². The first kappa shape index (κ1) is 31.6. The van der Waals surface area contributed by atoms with Crippen LogP contribution in [0.2, 0.25) is 0 Å². The van der Waals surface area contributed by atoms with Crippen LogP contribution >= 0.6 is 0 Å². The number of phenols is 1. The largest absolute Gasteiger partial charge is 0.508 e. The Morgan fingerprint density at radius 3 is 2.07 bits per heavy atom. The number of carbonyl (C=O) groups excluding carboxylic acids is 1. The maximum atomic E-state index is 13.2. The molecule has 220 valence electrons. The predicted molar refractivity (Wildman–Crippen MR) is 154 cm³/mol. The molecule has 6 N–H and O–H groups in total. The lowest BCUT2D eigenvalue weighted by Crippen LogP contribution is -2.32. The number of phenolic OH excluding ortho intramolecular Hbond substituents is 1. The first-order valence-electron chi connectivity index (χ1n) is 13.1. The van der Waals surface area contributed by atoms with E-state index in [1.54, 1.807) is 24.3 Å². The molecule has 12 heteroatoms. The summed E-state index contributed by atoms with van der Waals surface area (Å²) in [6.07, 6.45) is 0.797. The fraction of sp³-hybridized carbons (Fsp3) is 0.310. The van der Waals surface area contributed by atoms with Crippen LogP contribution < -0.4 is 20.1 Å². The molecule has 1 unspecified atom stereocenters. The van der Waals surface area contributed by atoms with Gasteiger partial charge in [0.15, 0.2) is 0 Å². The summed E-state index contributed by atoms with van der Waals surface area (Å²) < 4.78 is 28.8. The lowest BCUT2D eigenvalue weighted by Gasteiger charge is -2.24. The average molecular weight is 586 g/mol. The number of aliphatic hydroxyl groups excluding tert-OH is 1. The highest BCUT2D eigenvalue weighted by molar-refractivity contribution is 7.89. The molecule has 3 aromatic rings. The molecule has 0 radical (unpaired) electrons. The number of aliphatic hydroxyl groups is 1. The van der Waals surface area contributed by atoms with Gasteiger partial charge in [-0.25, -0.2) is 13.6 Å². The van der Waals surface area contributed by atoms with Gasteiger partial charge in [0.25, 0.3) is 0 Å². The quantitative estimate of drug-likeness (QED) is 0.158. The van der Waals surface area contributed by atoms with E-state index in [4.69, 9.17) is 15.0 Å². The number of hydrogen-bond donors (Lipinski definition) is 5. The van der Waals surface area contributed by atoms with Gasteiger partial charge in [0.05, 0.1) is 4.90 Å². The smallest absolute Gasteiger partial charge is 0.303 e. The Morgan fingerprint density at radius 2 is 1.49 bits per heavy atom. The van der Waals surface area contributed by atoms with E-state index in [-0.39, 0.29) is 36.0 Å². The molecule has 0 heterocycles. The second-order valence-electron chi connectivity index (χ2n) is 9.45. The van der Waals surface area contributed by atoms with Crippen LogP contribution in [0.15, 0.2) is 77.7 Å². The molecule has 0 aliphatic heterocycles. The van der Waals surface area contributed by atoms with Crippen LogP contribution in [0.4, 0.5) is 11.4 Å². The fourth-order valence-corrected chi connectivity index (χ4v) is 4.51. The Kier molecular flexibility index (Phi) is 11.7. The van der Waals surface area contributed by atoms with Gasteiger partial charge in [0.2, 0.25) is 15.9 Å². The standard InChI is InChI=1S/C29H35N3O8S/c30-41(38,39)27-15-9-23(10-16-27)32(28(35)3-1-2-4-29(36)37)22-7-5-21(6-8-22)17-18-31-19-25(34)20-40-26-13-11-24(33)12-14-26/h5-16,25,31,33-34H,1-4,17-20H2,(H,36,37)(H2,30,38,39). The molecule has 0 aromatic heterocycles. The summed E-state index contributed by atoms with van der Waals surface area (Å²) in [5.41, 5.74) is 2.03. The van der Waals surface area contributed by atoms with Crippen LogP contribution in [0.1, 0.15) is 31.2 Å². The number of primary sulfonamides is 1. The Bertz CT molecular complexity index is 1380. The van der Waals surface area contributed by atoms with Crippen molar-refractivity contribution in [3.05, 3.63) is 78.4 Å². The average Bonchev–Trinajstić information content (AvgIpc) is 2.94. The number of sulfonamides is 1. The molecule has 0 aliphatic carbocycles. The maximum absolute atomic E-state index is 13.2. The number of anilines is 2. The molecule has 0 fully saturated rings. The van der Waals surface area contributed by atoms with Crippen LogP contribution in [0.5, 0.6) is 11.5 Å². The van der Waals surface area contributed by atoms with E-state index >= 15 is 0 Å². The van der Waals surface area contributed by atoms with Crippen LogP contribution in [-0.4, -0.2) is 61.4 Å². The van der Waals surface area contributed by atoms with Gasteiger partial charge in [-0.05, 0) is 92.0 Å². The van der Waals surface area contributed by atoms with Crippen molar-refractivity contribution in [2.45, 2.75) is 43.1 Å². The minimum absolute atomic E-state index is 0.0263. The van der Waals surface area contributed by atoms with Crippen molar-refractivity contribution < 1.29 is 38.1 Å². The van der Waals surface area contributed by atoms with Crippen LogP contribution in [0.25, 0.3) is 0 Å². The maximum Gasteiger partial charge on any atom is 0.303 e. The number of aliphatic carboxylic acids is 1. The molecular weight excluding hydrogens is 550 g/mol. The summed E-state index contributed by atoms with van der Waals surface area (Å²) in [6, 6.07) is 19.3. The number of nitrogens with one attached hydrogen (secondary N) is 1. The summed E-state index contributed by atoms with van der Waals surface area (Å²) in [5.74, 6) is -0.486. The van der Waals surface area contributed by atoms with Gasteiger partial charge in [0.1, 0.15) is 24.2 Å². The molecule has 1 atom stereocenters. The number of carboxylic acids is 1. The number of rotatable bonds is 16. The van der Waals surface area contributed by atoms with Gasteiger partial charge in [-0.2, -0.15) is 0 Å². The Morgan fingerprint density at radius 1 is 0.902 bits per heavy atom. The molecule has 0 spiro atoms. The number of hydrogen-bond acceptors (Lipinski definition) is 8. The molecule has 1 amide bonds. The fourth-order valence-electron chi connectivity index (χ4n) is 3.99. The molecule has 11 nitrogen and oxygen atoms in total. The third kappa shape index (κ3) is 10.5. The van der Waals surface area contributed by atoms with E-state index in [2.05, 4.69) is 5.32 Å². The van der Waals surface area contributed by atoms with E-state index in [1.165, 1.54) is 41.3 Å². The zero-order valence-electron chi connectivity index (χ0n) is 22.5. The number of ether oxygens (including phenoxy) is 1. The lowest BCUT2D eigenvalue weighted by atomic mass is 10.1. The summed E-state index contributed by atoms with van der Waals surface area (Å²) in [5, 5.41) is 36.7. The zero-order valence-corrected chi connectivity index (χ0v) is 23.3. The number of unbranched alkanes of at least 4 members (excludes halogenated alkanes) is 1. The molecular formula is C29H35N3O8S. The molecule has 0 bridgehead atoms. The van der Waals surface area contributed by atoms with Crippen molar-refractivity contribution in [2.75, 3.05) is 24.6 Å². The third-order valence-electron chi connectivity index (χ3n) is 6.15. The predicted octanol–water partition coefficient (Wildman–Crippen LogP) is 2.92. The van der Waals surface area contributed by atoms with Gasteiger partial charge in [-0.1, -0.05) is 12.1 Å². The Balaban J connectivity index is 1.57. The van der Waals surface area contributed by atoms with Crippen LogP contribution in [0.3, 0.4) is 0 Å². The second kappa shape index (κ2) is 15.1. The van der Waals surface area contributed by atoms with Crippen molar-refractivity contribution in [1.82, 2.24) is 5.32 Å². The van der Waals surface area contributed by atoms with E-state index in [0.29, 0.717) is 49.5 Å². The number of amides is 1. The van der Waals surface area contributed by atoms with Gasteiger partial charge >= 0.3 is 5.97 Å².